The molecule has 0 unspecified atom stereocenters. The molecule has 0 radical (unpaired) electrons. The number of sulfonamides is 1. The number of nitrogens with zero attached hydrogens (tertiary/aromatic N) is 2. The lowest BCUT2D eigenvalue weighted by molar-refractivity contribution is -0.136. The first-order chi connectivity index (χ1) is 18.2. The van der Waals surface area contributed by atoms with Gasteiger partial charge >= 0.3 is 0 Å². The average Bonchev–Trinajstić information content (AvgIpc) is 3.42. The van der Waals surface area contributed by atoms with E-state index < -0.39 is 45.6 Å². The molecule has 2 aliphatic heterocycles. The van der Waals surface area contributed by atoms with Crippen LogP contribution in [0.3, 0.4) is 0 Å². The molecule has 2 amide bonds. The summed E-state index contributed by atoms with van der Waals surface area (Å²) in [5, 5.41) is 0.488. The summed E-state index contributed by atoms with van der Waals surface area (Å²) in [7, 11) is -4.05. The molecule has 6 rings (SSSR count). The van der Waals surface area contributed by atoms with E-state index >= 15 is 0 Å². The molecule has 7 nitrogen and oxygen atoms in total. The Bertz CT molecular complexity index is 1560. The maximum Gasteiger partial charge on any atom is 0.243 e. The van der Waals surface area contributed by atoms with Gasteiger partial charge in [0.2, 0.25) is 21.8 Å². The Morgan fingerprint density at radius 1 is 0.816 bits per heavy atom. The minimum absolute atomic E-state index is 0.0385. The SMILES string of the molecule is Cc1ccccc1S(=O)(=O)N1C[C@H]2[C@H]3C(=O)N(c4ccccc4)C(=O)[C@H]3CC(=O)[C@H]2[C@@H]1c1ccc(Cl)cc1. The van der Waals surface area contributed by atoms with Crippen molar-refractivity contribution in [3.63, 3.8) is 0 Å². The van der Waals surface area contributed by atoms with Gasteiger partial charge in [0.1, 0.15) is 5.78 Å². The van der Waals surface area contributed by atoms with Crippen molar-refractivity contribution in [3.05, 3.63) is 95.0 Å². The van der Waals surface area contributed by atoms with Crippen molar-refractivity contribution < 1.29 is 22.8 Å². The number of amides is 2. The number of hydrogen-bond acceptors (Lipinski definition) is 5. The second kappa shape index (κ2) is 9.15. The van der Waals surface area contributed by atoms with E-state index in [0.29, 0.717) is 21.8 Å². The predicted molar refractivity (Wildman–Crippen MR) is 142 cm³/mol. The normalized spacial score (nSPS) is 27.5. The third-order valence-electron chi connectivity index (χ3n) is 8.14. The number of ketones is 1. The van der Waals surface area contributed by atoms with E-state index in [4.69, 9.17) is 11.6 Å². The Labute approximate surface area is 226 Å². The number of hydrogen-bond donors (Lipinski definition) is 0. The van der Waals surface area contributed by atoms with Crippen molar-refractivity contribution in [2.24, 2.45) is 23.7 Å². The van der Waals surface area contributed by atoms with Crippen LogP contribution in [0.1, 0.15) is 23.6 Å². The Morgan fingerprint density at radius 3 is 2.16 bits per heavy atom. The Hall–Kier alpha value is -3.33. The number of aryl methyl sites for hydroxylation is 1. The zero-order valence-electron chi connectivity index (χ0n) is 20.5. The number of carbonyl (C=O) groups is 3. The van der Waals surface area contributed by atoms with Gasteiger partial charge in [-0.3, -0.25) is 19.3 Å². The fourth-order valence-corrected chi connectivity index (χ4v) is 8.51. The number of para-hydroxylation sites is 1. The number of halogens is 1. The largest absolute Gasteiger partial charge is 0.299 e. The lowest BCUT2D eigenvalue weighted by Crippen LogP contribution is -2.42. The number of carbonyl (C=O) groups excluding carboxylic acids is 3. The first-order valence-electron chi connectivity index (χ1n) is 12.5. The molecule has 3 fully saturated rings. The van der Waals surface area contributed by atoms with Gasteiger partial charge < -0.3 is 0 Å². The van der Waals surface area contributed by atoms with Crippen molar-refractivity contribution in [2.45, 2.75) is 24.3 Å². The van der Waals surface area contributed by atoms with Crippen LogP contribution in [-0.2, 0) is 24.4 Å². The molecule has 1 aliphatic carbocycles. The first kappa shape index (κ1) is 25.0. The van der Waals surface area contributed by atoms with E-state index in [1.54, 1.807) is 85.8 Å². The molecular weight excluding hydrogens is 524 g/mol. The molecule has 5 atom stereocenters. The summed E-state index contributed by atoms with van der Waals surface area (Å²) in [6.45, 7) is 1.69. The topological polar surface area (TPSA) is 91.8 Å². The second-order valence-corrected chi connectivity index (χ2v) is 12.5. The van der Waals surface area contributed by atoms with Gasteiger partial charge in [-0.15, -0.1) is 0 Å². The molecule has 3 aliphatic rings. The van der Waals surface area contributed by atoms with Gasteiger partial charge in [0.15, 0.2) is 0 Å². The minimum atomic E-state index is -4.05. The van der Waals surface area contributed by atoms with Crippen LogP contribution in [0.4, 0.5) is 5.69 Å². The van der Waals surface area contributed by atoms with E-state index in [9.17, 15) is 22.8 Å². The molecule has 1 saturated carbocycles. The summed E-state index contributed by atoms with van der Waals surface area (Å²) in [5.41, 5.74) is 1.67. The smallest absolute Gasteiger partial charge is 0.243 e. The Balaban J connectivity index is 1.47. The number of fused-ring (bicyclic) bond motifs is 3. The fourth-order valence-electron chi connectivity index (χ4n) is 6.48. The van der Waals surface area contributed by atoms with E-state index in [1.165, 1.54) is 9.21 Å². The zero-order chi connectivity index (χ0) is 26.8. The van der Waals surface area contributed by atoms with Crippen LogP contribution in [0.2, 0.25) is 5.02 Å². The standard InChI is InChI=1S/C29H25ClN2O5S/c1-17-7-5-6-10-24(17)38(36,37)31-16-22-25-21(28(34)32(29(25)35)20-8-3-2-4-9-20)15-23(33)26(22)27(31)18-11-13-19(30)14-12-18/h2-14,21-22,25-27H,15-16H2,1H3/t21-,22-,25-,26-,27-/m0/s1. The summed E-state index contributed by atoms with van der Waals surface area (Å²) < 4.78 is 29.6. The van der Waals surface area contributed by atoms with Gasteiger partial charge in [-0.05, 0) is 54.3 Å². The lowest BCUT2D eigenvalue weighted by atomic mass is 9.66. The Morgan fingerprint density at radius 2 is 1.47 bits per heavy atom. The summed E-state index contributed by atoms with van der Waals surface area (Å²) >= 11 is 6.12. The van der Waals surface area contributed by atoms with Crippen molar-refractivity contribution in [1.29, 1.82) is 0 Å². The third-order valence-corrected chi connectivity index (χ3v) is 10.4. The molecule has 0 bridgehead atoms. The van der Waals surface area contributed by atoms with Crippen LogP contribution < -0.4 is 4.90 Å². The maximum atomic E-state index is 14.1. The predicted octanol–water partition coefficient (Wildman–Crippen LogP) is 4.41. The number of imide groups is 1. The molecule has 0 N–H and O–H groups in total. The molecule has 0 spiro atoms. The molecule has 3 aromatic rings. The second-order valence-electron chi connectivity index (χ2n) is 10.2. The average molecular weight is 549 g/mol. The highest BCUT2D eigenvalue weighted by Crippen LogP contribution is 2.55. The lowest BCUT2D eigenvalue weighted by Gasteiger charge is -2.33. The van der Waals surface area contributed by atoms with Crippen LogP contribution in [0, 0.1) is 30.6 Å². The molecule has 2 saturated heterocycles. The van der Waals surface area contributed by atoms with Gasteiger partial charge in [-0.25, -0.2) is 8.42 Å². The van der Waals surface area contributed by atoms with Gasteiger partial charge in [0, 0.05) is 23.9 Å². The molecule has 9 heteroatoms. The van der Waals surface area contributed by atoms with Crippen molar-refractivity contribution in [2.75, 3.05) is 11.4 Å². The van der Waals surface area contributed by atoms with Crippen LogP contribution in [0.15, 0.2) is 83.8 Å². The van der Waals surface area contributed by atoms with Crippen molar-refractivity contribution in [3.8, 4) is 0 Å². The fraction of sp³-hybridized carbons (Fsp3) is 0.276. The minimum Gasteiger partial charge on any atom is -0.299 e. The number of rotatable bonds is 4. The monoisotopic (exact) mass is 548 g/mol. The highest BCUT2D eigenvalue weighted by Gasteiger charge is 2.63. The van der Waals surface area contributed by atoms with E-state index in [-0.39, 0.29) is 29.6 Å². The first-order valence-corrected chi connectivity index (χ1v) is 14.3. The summed E-state index contributed by atoms with van der Waals surface area (Å²) in [6, 6.07) is 21.3. The van der Waals surface area contributed by atoms with Crippen molar-refractivity contribution >= 4 is 44.9 Å². The molecule has 194 valence electrons. The zero-order valence-corrected chi connectivity index (χ0v) is 22.1. The van der Waals surface area contributed by atoms with Gasteiger partial charge in [0.25, 0.3) is 0 Å². The summed E-state index contributed by atoms with van der Waals surface area (Å²) in [4.78, 5) is 42.2. The summed E-state index contributed by atoms with van der Waals surface area (Å²) in [6.07, 6.45) is -0.0952. The molecule has 0 aromatic heterocycles. The van der Waals surface area contributed by atoms with E-state index in [2.05, 4.69) is 0 Å². The number of Topliss-reactive ketones (excluding diaryl/α,β-unsaturated/α-hetero) is 1. The van der Waals surface area contributed by atoms with Crippen LogP contribution in [-0.4, -0.2) is 36.9 Å². The van der Waals surface area contributed by atoms with E-state index in [1.807, 2.05) is 0 Å². The van der Waals surface area contributed by atoms with Gasteiger partial charge in [0.05, 0.1) is 28.5 Å². The number of anilines is 1. The van der Waals surface area contributed by atoms with Crippen LogP contribution in [0.25, 0.3) is 0 Å². The molecule has 3 aromatic carbocycles. The molecular formula is C29H25ClN2O5S. The maximum absolute atomic E-state index is 14.1. The summed E-state index contributed by atoms with van der Waals surface area (Å²) in [5.74, 6) is -3.95. The quantitative estimate of drug-likeness (QED) is 0.451. The highest BCUT2D eigenvalue weighted by molar-refractivity contribution is 7.89. The third kappa shape index (κ3) is 3.73. The van der Waals surface area contributed by atoms with Crippen LogP contribution in [0.5, 0.6) is 0 Å². The van der Waals surface area contributed by atoms with Crippen molar-refractivity contribution in [1.82, 2.24) is 4.31 Å². The Kier molecular flexibility index (Phi) is 6.01. The molecule has 2 heterocycles. The van der Waals surface area contributed by atoms with Crippen LogP contribution >= 0.6 is 11.6 Å². The van der Waals surface area contributed by atoms with Gasteiger partial charge in [-0.1, -0.05) is 60.1 Å². The van der Waals surface area contributed by atoms with Gasteiger partial charge in [-0.2, -0.15) is 4.31 Å². The molecule has 38 heavy (non-hydrogen) atoms. The highest BCUT2D eigenvalue weighted by atomic mass is 35.5. The van der Waals surface area contributed by atoms with E-state index in [0.717, 1.165) is 0 Å². The number of benzene rings is 3.